The van der Waals surface area contributed by atoms with Gasteiger partial charge < -0.3 is 15.2 Å². The molecular weight excluding hydrogens is 258 g/mol. The standard InChI is InChI=1S/C15H21NO4/c1-2-3-4-9-16-14(18)11-20-15(19)13-7-5-12(10-17)6-8-13/h5-8,17H,2-4,9-11H2,1H3,(H,16,18). The predicted octanol–water partition coefficient (Wildman–Crippen LogP) is 1.64. The van der Waals surface area contributed by atoms with Crippen LogP contribution in [0.15, 0.2) is 24.3 Å². The lowest BCUT2D eigenvalue weighted by atomic mass is 10.1. The van der Waals surface area contributed by atoms with E-state index in [2.05, 4.69) is 12.2 Å². The SMILES string of the molecule is CCCCCNC(=O)COC(=O)c1ccc(CO)cc1. The molecule has 0 unspecified atom stereocenters. The van der Waals surface area contributed by atoms with Gasteiger partial charge in [-0.2, -0.15) is 0 Å². The Morgan fingerprint density at radius 3 is 2.50 bits per heavy atom. The Labute approximate surface area is 118 Å². The average Bonchev–Trinajstić information content (AvgIpc) is 2.49. The summed E-state index contributed by atoms with van der Waals surface area (Å²) in [5, 5.41) is 11.6. The number of carbonyl (C=O) groups excluding carboxylic acids is 2. The molecule has 0 fully saturated rings. The molecule has 1 amide bonds. The Hall–Kier alpha value is -1.88. The number of unbranched alkanes of at least 4 members (excludes halogenated alkanes) is 2. The summed E-state index contributed by atoms with van der Waals surface area (Å²) < 4.78 is 4.91. The van der Waals surface area contributed by atoms with Gasteiger partial charge in [0, 0.05) is 6.54 Å². The second-order valence-corrected chi connectivity index (χ2v) is 4.49. The van der Waals surface area contributed by atoms with Gasteiger partial charge in [0.05, 0.1) is 12.2 Å². The molecule has 0 bridgehead atoms. The minimum absolute atomic E-state index is 0.0739. The lowest BCUT2D eigenvalue weighted by Gasteiger charge is -2.06. The van der Waals surface area contributed by atoms with E-state index in [0.717, 1.165) is 24.8 Å². The van der Waals surface area contributed by atoms with Crippen LogP contribution >= 0.6 is 0 Å². The number of amides is 1. The molecule has 0 aliphatic carbocycles. The topological polar surface area (TPSA) is 75.6 Å². The van der Waals surface area contributed by atoms with Crippen molar-refractivity contribution in [1.82, 2.24) is 5.32 Å². The van der Waals surface area contributed by atoms with Crippen LogP contribution in [0.4, 0.5) is 0 Å². The van der Waals surface area contributed by atoms with Crippen molar-refractivity contribution in [3.05, 3.63) is 35.4 Å². The number of carbonyl (C=O) groups is 2. The minimum atomic E-state index is -0.543. The van der Waals surface area contributed by atoms with Gasteiger partial charge in [0.15, 0.2) is 6.61 Å². The first-order chi connectivity index (χ1) is 9.67. The molecular formula is C15H21NO4. The Morgan fingerprint density at radius 1 is 1.20 bits per heavy atom. The van der Waals surface area contributed by atoms with Crippen LogP contribution in [0.1, 0.15) is 42.1 Å². The molecule has 0 spiro atoms. The van der Waals surface area contributed by atoms with Crippen LogP contribution in [0.3, 0.4) is 0 Å². The third-order valence-electron chi connectivity index (χ3n) is 2.81. The summed E-state index contributed by atoms with van der Waals surface area (Å²) in [6.07, 6.45) is 3.09. The van der Waals surface area contributed by atoms with Gasteiger partial charge in [0.25, 0.3) is 5.91 Å². The summed E-state index contributed by atoms with van der Waals surface area (Å²) in [6, 6.07) is 6.41. The van der Waals surface area contributed by atoms with E-state index in [1.54, 1.807) is 24.3 Å². The van der Waals surface area contributed by atoms with Gasteiger partial charge in [-0.3, -0.25) is 4.79 Å². The molecule has 1 aromatic rings. The van der Waals surface area contributed by atoms with Crippen molar-refractivity contribution < 1.29 is 19.4 Å². The van der Waals surface area contributed by atoms with Crippen LogP contribution in [0, 0.1) is 0 Å². The Bertz CT molecular complexity index is 428. The van der Waals surface area contributed by atoms with Crippen molar-refractivity contribution in [2.75, 3.05) is 13.2 Å². The van der Waals surface area contributed by atoms with Crippen molar-refractivity contribution in [3.8, 4) is 0 Å². The maximum Gasteiger partial charge on any atom is 0.338 e. The highest BCUT2D eigenvalue weighted by molar-refractivity contribution is 5.91. The fourth-order valence-electron chi connectivity index (χ4n) is 1.61. The molecule has 110 valence electrons. The molecule has 20 heavy (non-hydrogen) atoms. The van der Waals surface area contributed by atoms with Gasteiger partial charge in [-0.25, -0.2) is 4.79 Å². The van der Waals surface area contributed by atoms with E-state index in [4.69, 9.17) is 9.84 Å². The molecule has 5 nitrogen and oxygen atoms in total. The molecule has 0 heterocycles. The molecule has 2 N–H and O–H groups in total. The summed E-state index contributed by atoms with van der Waals surface area (Å²) in [7, 11) is 0. The van der Waals surface area contributed by atoms with Crippen LogP contribution < -0.4 is 5.32 Å². The molecule has 5 heteroatoms. The van der Waals surface area contributed by atoms with Crippen LogP contribution in [0.5, 0.6) is 0 Å². The van der Waals surface area contributed by atoms with E-state index in [-0.39, 0.29) is 19.1 Å². The molecule has 1 aromatic carbocycles. The van der Waals surface area contributed by atoms with E-state index >= 15 is 0 Å². The van der Waals surface area contributed by atoms with E-state index < -0.39 is 5.97 Å². The zero-order chi connectivity index (χ0) is 14.8. The van der Waals surface area contributed by atoms with Crippen LogP contribution in [0.25, 0.3) is 0 Å². The van der Waals surface area contributed by atoms with E-state index in [9.17, 15) is 9.59 Å². The van der Waals surface area contributed by atoms with Gasteiger partial charge >= 0.3 is 5.97 Å². The molecule has 1 rings (SSSR count). The third-order valence-corrected chi connectivity index (χ3v) is 2.81. The maximum absolute atomic E-state index is 11.7. The highest BCUT2D eigenvalue weighted by Crippen LogP contribution is 2.05. The fraction of sp³-hybridized carbons (Fsp3) is 0.467. The molecule has 0 aromatic heterocycles. The zero-order valence-electron chi connectivity index (χ0n) is 11.7. The van der Waals surface area contributed by atoms with Gasteiger partial charge in [-0.15, -0.1) is 0 Å². The fourth-order valence-corrected chi connectivity index (χ4v) is 1.61. The quantitative estimate of drug-likeness (QED) is 0.560. The van der Waals surface area contributed by atoms with Gasteiger partial charge in [0.1, 0.15) is 0 Å². The average molecular weight is 279 g/mol. The number of hydrogen-bond donors (Lipinski definition) is 2. The smallest absolute Gasteiger partial charge is 0.338 e. The summed E-state index contributed by atoms with van der Waals surface area (Å²) >= 11 is 0. The molecule has 0 radical (unpaired) electrons. The maximum atomic E-state index is 11.7. The first-order valence-electron chi connectivity index (χ1n) is 6.81. The number of nitrogens with one attached hydrogen (secondary N) is 1. The lowest BCUT2D eigenvalue weighted by molar-refractivity contribution is -0.124. The molecule has 0 aliphatic heterocycles. The number of benzene rings is 1. The van der Waals surface area contributed by atoms with Gasteiger partial charge in [-0.05, 0) is 24.1 Å². The molecule has 0 aliphatic rings. The summed E-state index contributed by atoms with van der Waals surface area (Å²) in [5.74, 6) is -0.834. The first kappa shape index (κ1) is 16.2. The first-order valence-corrected chi connectivity index (χ1v) is 6.81. The third kappa shape index (κ3) is 5.84. The Balaban J connectivity index is 2.29. The number of hydrogen-bond acceptors (Lipinski definition) is 4. The van der Waals surface area contributed by atoms with E-state index in [0.29, 0.717) is 12.1 Å². The molecule has 0 saturated carbocycles. The Kier molecular flexibility index (Phi) is 7.35. The van der Waals surface area contributed by atoms with Crippen LogP contribution in [0.2, 0.25) is 0 Å². The normalized spacial score (nSPS) is 10.1. The zero-order valence-corrected chi connectivity index (χ0v) is 11.7. The summed E-state index contributed by atoms with van der Waals surface area (Å²) in [5.41, 5.74) is 1.08. The van der Waals surface area contributed by atoms with Crippen molar-refractivity contribution in [2.45, 2.75) is 32.8 Å². The predicted molar refractivity (Wildman–Crippen MR) is 75.2 cm³/mol. The number of aliphatic hydroxyl groups is 1. The number of rotatable bonds is 8. The second kappa shape index (κ2) is 9.09. The largest absolute Gasteiger partial charge is 0.452 e. The van der Waals surface area contributed by atoms with Crippen LogP contribution in [-0.4, -0.2) is 30.1 Å². The second-order valence-electron chi connectivity index (χ2n) is 4.49. The number of aliphatic hydroxyl groups excluding tert-OH is 1. The number of ether oxygens (including phenoxy) is 1. The highest BCUT2D eigenvalue weighted by Gasteiger charge is 2.09. The van der Waals surface area contributed by atoms with Crippen molar-refractivity contribution in [2.24, 2.45) is 0 Å². The number of esters is 1. The summed E-state index contributed by atoms with van der Waals surface area (Å²) in [4.78, 5) is 23.1. The van der Waals surface area contributed by atoms with E-state index in [1.807, 2.05) is 0 Å². The van der Waals surface area contributed by atoms with Crippen molar-refractivity contribution in [3.63, 3.8) is 0 Å². The highest BCUT2D eigenvalue weighted by atomic mass is 16.5. The lowest BCUT2D eigenvalue weighted by Crippen LogP contribution is -2.29. The Morgan fingerprint density at radius 2 is 1.90 bits per heavy atom. The van der Waals surface area contributed by atoms with E-state index in [1.165, 1.54) is 0 Å². The minimum Gasteiger partial charge on any atom is -0.452 e. The molecule has 0 atom stereocenters. The van der Waals surface area contributed by atoms with Gasteiger partial charge in [0.2, 0.25) is 0 Å². The summed E-state index contributed by atoms with van der Waals surface area (Å²) in [6.45, 7) is 2.35. The monoisotopic (exact) mass is 279 g/mol. The van der Waals surface area contributed by atoms with Crippen molar-refractivity contribution >= 4 is 11.9 Å². The van der Waals surface area contributed by atoms with Crippen molar-refractivity contribution in [1.29, 1.82) is 0 Å². The molecule has 0 saturated heterocycles. The van der Waals surface area contributed by atoms with Gasteiger partial charge in [-0.1, -0.05) is 31.9 Å². The van der Waals surface area contributed by atoms with Crippen LogP contribution in [-0.2, 0) is 16.1 Å².